The summed E-state index contributed by atoms with van der Waals surface area (Å²) >= 11 is 0.918. The number of ketones is 1. The van der Waals surface area contributed by atoms with E-state index in [0.29, 0.717) is 10.4 Å². The number of benzene rings is 2. The van der Waals surface area contributed by atoms with Crippen LogP contribution in [0.1, 0.15) is 27.0 Å². The van der Waals surface area contributed by atoms with Gasteiger partial charge in [0, 0.05) is 23.6 Å². The molecule has 1 N–H and O–H groups in total. The van der Waals surface area contributed by atoms with Crippen LogP contribution in [0.5, 0.6) is 0 Å². The molecule has 2 aromatic carbocycles. The van der Waals surface area contributed by atoms with E-state index in [0.717, 1.165) is 16.9 Å². The Morgan fingerprint density at radius 2 is 1.90 bits per heavy atom. The maximum Gasteiger partial charge on any atom is 0.337 e. The minimum atomic E-state index is -1.35. The second-order valence-corrected chi connectivity index (χ2v) is 7.85. The first-order valence-corrected chi connectivity index (χ1v) is 9.90. The van der Waals surface area contributed by atoms with Gasteiger partial charge in [-0.3, -0.25) is 4.79 Å². The molecule has 152 valence electrons. The third-order valence-corrected chi connectivity index (χ3v) is 6.15. The van der Waals surface area contributed by atoms with E-state index in [1.165, 1.54) is 24.4 Å². The lowest BCUT2D eigenvalue weighted by Crippen LogP contribution is -2.22. The molecule has 0 saturated heterocycles. The highest BCUT2D eigenvalue weighted by Gasteiger charge is 2.33. The van der Waals surface area contributed by atoms with Gasteiger partial charge in [-0.2, -0.15) is 4.74 Å². The Morgan fingerprint density at radius 3 is 2.60 bits per heavy atom. The van der Waals surface area contributed by atoms with Crippen LogP contribution >= 0.6 is 11.3 Å². The third-order valence-electron chi connectivity index (χ3n) is 5.09. The first-order chi connectivity index (χ1) is 14.3. The van der Waals surface area contributed by atoms with Crippen LogP contribution in [-0.4, -0.2) is 27.3 Å². The van der Waals surface area contributed by atoms with Gasteiger partial charge in [-0.05, 0) is 23.4 Å². The number of thiophene rings is 1. The summed E-state index contributed by atoms with van der Waals surface area (Å²) in [6, 6.07) is 9.51. The van der Waals surface area contributed by atoms with Gasteiger partial charge in [-0.1, -0.05) is 30.3 Å². The number of hydrogen-bond donors (Lipinski definition) is 1. The molecule has 1 aliphatic heterocycles. The van der Waals surface area contributed by atoms with Crippen LogP contribution in [0.2, 0.25) is 0 Å². The minimum absolute atomic E-state index is 0.0212. The quantitative estimate of drug-likeness (QED) is 0.475. The molecule has 2 heterocycles. The van der Waals surface area contributed by atoms with Crippen molar-refractivity contribution in [3.63, 3.8) is 0 Å². The zero-order valence-corrected chi connectivity index (χ0v) is 16.6. The maximum absolute atomic E-state index is 14.4. The summed E-state index contributed by atoms with van der Waals surface area (Å²) < 4.78 is 29.0. The van der Waals surface area contributed by atoms with Gasteiger partial charge >= 0.3 is 5.97 Å². The van der Waals surface area contributed by atoms with Crippen molar-refractivity contribution in [3.05, 3.63) is 80.9 Å². The molecule has 0 aliphatic carbocycles. The molecular formula is C22H15F2NO4S. The Kier molecular flexibility index (Phi) is 4.95. The number of carboxylic acids is 1. The van der Waals surface area contributed by atoms with Crippen molar-refractivity contribution in [3.8, 4) is 10.4 Å². The number of carbonyl (C=O) groups excluding carboxylic acids is 1. The molecule has 30 heavy (non-hydrogen) atoms. The van der Waals surface area contributed by atoms with Crippen LogP contribution in [0.3, 0.4) is 0 Å². The van der Waals surface area contributed by atoms with Crippen molar-refractivity contribution in [2.45, 2.75) is 19.8 Å². The van der Waals surface area contributed by atoms with E-state index in [2.05, 4.69) is 0 Å². The number of nitrogens with zero attached hydrogens (tertiary/aromatic N) is 1. The van der Waals surface area contributed by atoms with Gasteiger partial charge in [-0.15, -0.1) is 11.3 Å². The number of Topliss-reactive ketones (excluding diaryl/α,β-unsaturated/α-hetero) is 1. The first kappa shape index (κ1) is 19.9. The summed E-state index contributed by atoms with van der Waals surface area (Å²) in [5.74, 6) is -4.04. The third kappa shape index (κ3) is 3.19. The Balaban J connectivity index is 1.70. The average molecular weight is 427 g/mol. The lowest BCUT2D eigenvalue weighted by molar-refractivity contribution is -0.356. The van der Waals surface area contributed by atoms with Gasteiger partial charge in [0.1, 0.15) is 0 Å². The number of para-hydroxylation sites is 1. The van der Waals surface area contributed by atoms with Crippen LogP contribution in [0.15, 0.2) is 41.8 Å². The topological polar surface area (TPSA) is 80.4 Å². The Hall–Kier alpha value is -3.39. The van der Waals surface area contributed by atoms with Crippen LogP contribution < -0.4 is 0 Å². The summed E-state index contributed by atoms with van der Waals surface area (Å²) in [7, 11) is 0. The lowest BCUT2D eigenvalue weighted by Gasteiger charge is -2.07. The van der Waals surface area contributed by atoms with Gasteiger partial charge in [-0.25, -0.2) is 13.6 Å². The highest BCUT2D eigenvalue weighted by molar-refractivity contribution is 7.14. The molecule has 4 rings (SSSR count). The van der Waals surface area contributed by atoms with Crippen LogP contribution in [0, 0.1) is 23.8 Å². The molecule has 0 radical (unpaired) electrons. The molecule has 0 spiro atoms. The van der Waals surface area contributed by atoms with E-state index in [1.54, 1.807) is 24.3 Å². The first-order valence-electron chi connectivity index (χ1n) is 9.02. The summed E-state index contributed by atoms with van der Waals surface area (Å²) in [5, 5.41) is 23.6. The fourth-order valence-electron chi connectivity index (χ4n) is 3.52. The molecule has 1 aliphatic rings. The van der Waals surface area contributed by atoms with Gasteiger partial charge in [0.2, 0.25) is 17.2 Å². The number of aromatic carboxylic acids is 1. The molecule has 1 aromatic heterocycles. The molecule has 0 unspecified atom stereocenters. The normalized spacial score (nSPS) is 12.9. The highest BCUT2D eigenvalue weighted by Crippen LogP contribution is 2.36. The summed E-state index contributed by atoms with van der Waals surface area (Å²) in [4.78, 5) is 24.7. The number of carboxylic acid groups (broad SMARTS) is 1. The Labute approximate surface area is 174 Å². The molecule has 0 fully saturated rings. The number of rotatable bonds is 5. The molecule has 0 saturated carbocycles. The van der Waals surface area contributed by atoms with Crippen LogP contribution in [-0.2, 0) is 17.6 Å². The maximum atomic E-state index is 14.4. The zero-order valence-electron chi connectivity index (χ0n) is 15.7. The Bertz CT molecular complexity index is 1250. The Morgan fingerprint density at radius 1 is 1.17 bits per heavy atom. The molecule has 0 atom stereocenters. The number of hydrogen-bond acceptors (Lipinski definition) is 4. The minimum Gasteiger partial charge on any atom is -0.618 e. The van der Waals surface area contributed by atoms with Crippen LogP contribution in [0.4, 0.5) is 14.5 Å². The highest BCUT2D eigenvalue weighted by atomic mass is 32.1. The number of aryl methyl sites for hydroxylation is 1. The molecule has 0 bridgehead atoms. The monoisotopic (exact) mass is 427 g/mol. The number of carbonyl (C=O) groups is 2. The second kappa shape index (κ2) is 7.46. The lowest BCUT2D eigenvalue weighted by atomic mass is 9.98. The molecule has 0 amide bonds. The summed E-state index contributed by atoms with van der Waals surface area (Å²) in [5.41, 5.74) is 0.958. The predicted octanol–water partition coefficient (Wildman–Crippen LogP) is 4.65. The average Bonchev–Trinajstić information content (AvgIpc) is 3.28. The summed E-state index contributed by atoms with van der Waals surface area (Å²) in [6.45, 7) is 1.41. The largest absolute Gasteiger partial charge is 0.618 e. The van der Waals surface area contributed by atoms with Gasteiger partial charge in [0.15, 0.2) is 11.6 Å². The zero-order chi connectivity index (χ0) is 21.6. The SMILES string of the molecule is Cc1ccc(-c2scc(CC(=O)C3=[N+]([O-])c4ccccc4C3)c2C(=O)O)c(F)c1F. The standard InChI is InChI=1S/C22H15F2NO4S/c1-11-6-7-14(20(24)19(11)23)21-18(22(27)28)13(10-30-21)9-17(26)16-8-12-4-2-3-5-15(12)25(16)29/h2-7,10H,8-9H2,1H3,(H,27,28). The molecular weight excluding hydrogens is 412 g/mol. The summed E-state index contributed by atoms with van der Waals surface area (Å²) in [6.07, 6.45) is -0.161. The number of halogens is 2. The molecule has 3 aromatic rings. The smallest absolute Gasteiger partial charge is 0.337 e. The van der Waals surface area contributed by atoms with E-state index in [1.807, 2.05) is 0 Å². The fourth-order valence-corrected chi connectivity index (χ4v) is 4.60. The van der Waals surface area contributed by atoms with Gasteiger partial charge in [0.25, 0.3) is 0 Å². The molecule has 8 heteroatoms. The van der Waals surface area contributed by atoms with Gasteiger partial charge < -0.3 is 10.3 Å². The van der Waals surface area contributed by atoms with E-state index in [-0.39, 0.29) is 45.7 Å². The molecule has 5 nitrogen and oxygen atoms in total. The predicted molar refractivity (Wildman–Crippen MR) is 109 cm³/mol. The van der Waals surface area contributed by atoms with Crippen molar-refractivity contribution >= 4 is 34.5 Å². The van der Waals surface area contributed by atoms with Crippen molar-refractivity contribution in [2.24, 2.45) is 0 Å². The van der Waals surface area contributed by atoms with Gasteiger partial charge in [0.05, 0.1) is 16.9 Å². The van der Waals surface area contributed by atoms with E-state index < -0.39 is 23.4 Å². The van der Waals surface area contributed by atoms with E-state index >= 15 is 0 Å². The van der Waals surface area contributed by atoms with Crippen molar-refractivity contribution in [1.82, 2.24) is 0 Å². The van der Waals surface area contributed by atoms with E-state index in [4.69, 9.17) is 0 Å². The van der Waals surface area contributed by atoms with Crippen molar-refractivity contribution in [1.29, 1.82) is 0 Å². The second-order valence-electron chi connectivity index (χ2n) is 6.97. The fraction of sp³-hybridized carbons (Fsp3) is 0.136. The van der Waals surface area contributed by atoms with E-state index in [9.17, 15) is 28.7 Å². The van der Waals surface area contributed by atoms with Crippen LogP contribution in [0.25, 0.3) is 10.4 Å². The number of fused-ring (bicyclic) bond motifs is 1. The van der Waals surface area contributed by atoms with Crippen molar-refractivity contribution < 1.29 is 28.2 Å². The van der Waals surface area contributed by atoms with Crippen molar-refractivity contribution in [2.75, 3.05) is 0 Å².